The van der Waals surface area contributed by atoms with E-state index in [1.807, 2.05) is 31.2 Å². The summed E-state index contributed by atoms with van der Waals surface area (Å²) in [6.45, 7) is 1.64. The quantitative estimate of drug-likeness (QED) is 0.882. The molecule has 0 aliphatic carbocycles. The van der Waals surface area contributed by atoms with E-state index in [4.69, 9.17) is 4.74 Å². The zero-order chi connectivity index (χ0) is 17.0. The highest BCUT2D eigenvalue weighted by Crippen LogP contribution is 2.28. The second-order valence-electron chi connectivity index (χ2n) is 5.16. The van der Waals surface area contributed by atoms with Crippen molar-refractivity contribution in [2.45, 2.75) is 19.5 Å². The molecule has 1 amide bonds. The van der Waals surface area contributed by atoms with Crippen LogP contribution < -0.4 is 15.9 Å². The number of ether oxygens (including phenoxy) is 1. The summed E-state index contributed by atoms with van der Waals surface area (Å²) in [7, 11) is 3.22. The van der Waals surface area contributed by atoms with Crippen molar-refractivity contribution in [1.29, 1.82) is 0 Å². The minimum absolute atomic E-state index is 0.231. The summed E-state index contributed by atoms with van der Waals surface area (Å²) in [5.74, 6) is 0.386. The van der Waals surface area contributed by atoms with Gasteiger partial charge in [-0.2, -0.15) is 0 Å². The second-order valence-corrected chi connectivity index (χ2v) is 5.16. The van der Waals surface area contributed by atoms with Crippen LogP contribution in [-0.4, -0.2) is 34.7 Å². The lowest BCUT2D eigenvalue weighted by Gasteiger charge is -2.26. The van der Waals surface area contributed by atoms with Gasteiger partial charge in [0.2, 0.25) is 5.91 Å². The van der Waals surface area contributed by atoms with Gasteiger partial charge >= 0.3 is 0 Å². The fourth-order valence-corrected chi connectivity index (χ4v) is 2.26. The van der Waals surface area contributed by atoms with E-state index >= 15 is 0 Å². The normalized spacial score (nSPS) is 11.8. The number of nitrogens with zero attached hydrogens (tertiary/aromatic N) is 2. The average molecular weight is 317 g/mol. The number of para-hydroxylation sites is 1. The van der Waals surface area contributed by atoms with E-state index in [0.717, 1.165) is 22.4 Å². The first kappa shape index (κ1) is 16.5. The Balaban J connectivity index is 2.20. The molecule has 0 unspecified atom stereocenters. The molecule has 7 nitrogen and oxygen atoms in total. The molecule has 1 aromatic heterocycles. The van der Waals surface area contributed by atoms with Crippen LogP contribution in [0.4, 0.5) is 0 Å². The van der Waals surface area contributed by atoms with Crippen molar-refractivity contribution >= 4 is 5.91 Å². The van der Waals surface area contributed by atoms with Gasteiger partial charge in [0.05, 0.1) is 13.2 Å². The highest BCUT2D eigenvalue weighted by Gasteiger charge is 2.20. The molecule has 122 valence electrons. The van der Waals surface area contributed by atoms with Crippen LogP contribution in [0.2, 0.25) is 0 Å². The third kappa shape index (κ3) is 3.68. The molecular formula is C16H19N3O4. The SMILES string of the molecule is COc1ccccc1[C@@H](C)N(C)C(=O)Cn1[nH]c(=O)ccc1=O. The number of amides is 1. The lowest BCUT2D eigenvalue weighted by atomic mass is 10.1. The number of likely N-dealkylation sites (N-methyl/N-ethyl adjacent to an activating group) is 1. The Hall–Kier alpha value is -2.83. The zero-order valence-corrected chi connectivity index (χ0v) is 13.3. The van der Waals surface area contributed by atoms with E-state index in [9.17, 15) is 14.4 Å². The molecule has 1 heterocycles. The summed E-state index contributed by atoms with van der Waals surface area (Å²) in [5, 5.41) is 2.34. The van der Waals surface area contributed by atoms with Gasteiger partial charge in [0.15, 0.2) is 0 Å². The molecule has 7 heteroatoms. The number of aromatic nitrogens is 2. The standard InChI is InChI=1S/C16H19N3O4/c1-11(12-6-4-5-7-13(12)23-3)18(2)16(22)10-19-15(21)9-8-14(20)17-19/h4-9,11H,10H2,1-3H3,(H,17,20)/t11-/m1/s1. The van der Waals surface area contributed by atoms with Gasteiger partial charge < -0.3 is 9.64 Å². The molecule has 0 saturated heterocycles. The van der Waals surface area contributed by atoms with Crippen LogP contribution in [-0.2, 0) is 11.3 Å². The summed E-state index contributed by atoms with van der Waals surface area (Å²) in [4.78, 5) is 36.9. The first-order chi connectivity index (χ1) is 10.9. The maximum absolute atomic E-state index is 12.4. The van der Waals surface area contributed by atoms with E-state index in [-0.39, 0.29) is 18.5 Å². The first-order valence-electron chi connectivity index (χ1n) is 7.12. The summed E-state index contributed by atoms with van der Waals surface area (Å²) >= 11 is 0. The number of benzene rings is 1. The Morgan fingerprint density at radius 3 is 2.65 bits per heavy atom. The molecule has 0 saturated carbocycles. The van der Waals surface area contributed by atoms with Crippen molar-refractivity contribution in [2.24, 2.45) is 0 Å². The summed E-state index contributed by atoms with van der Waals surface area (Å²) in [6, 6.07) is 9.44. The van der Waals surface area contributed by atoms with E-state index in [0.29, 0.717) is 5.75 Å². The number of rotatable bonds is 5. The van der Waals surface area contributed by atoms with E-state index in [1.54, 1.807) is 14.2 Å². The number of carbonyl (C=O) groups excluding carboxylic acids is 1. The van der Waals surface area contributed by atoms with Gasteiger partial charge in [-0.3, -0.25) is 19.5 Å². The molecule has 1 N–H and O–H groups in total. The monoisotopic (exact) mass is 317 g/mol. The molecule has 1 aromatic carbocycles. The fourth-order valence-electron chi connectivity index (χ4n) is 2.26. The van der Waals surface area contributed by atoms with E-state index in [1.165, 1.54) is 4.90 Å². The molecule has 0 aliphatic heterocycles. The highest BCUT2D eigenvalue weighted by atomic mass is 16.5. The molecule has 23 heavy (non-hydrogen) atoms. The fraction of sp³-hybridized carbons (Fsp3) is 0.312. The molecule has 1 atom stereocenters. The van der Waals surface area contributed by atoms with Crippen LogP contribution in [0.1, 0.15) is 18.5 Å². The Labute approximate surface area is 133 Å². The molecule has 2 aromatic rings. The second kappa shape index (κ2) is 6.95. The molecular weight excluding hydrogens is 298 g/mol. The van der Waals surface area contributed by atoms with Crippen LogP contribution in [0.3, 0.4) is 0 Å². The smallest absolute Gasteiger partial charge is 0.265 e. The van der Waals surface area contributed by atoms with Crippen LogP contribution in [0, 0.1) is 0 Å². The number of hydrogen-bond donors (Lipinski definition) is 1. The largest absolute Gasteiger partial charge is 0.496 e. The summed E-state index contributed by atoms with van der Waals surface area (Å²) < 4.78 is 6.30. The molecule has 2 rings (SSSR count). The third-order valence-corrected chi connectivity index (χ3v) is 3.75. The lowest BCUT2D eigenvalue weighted by Crippen LogP contribution is -2.38. The van der Waals surface area contributed by atoms with Crippen molar-refractivity contribution in [3.63, 3.8) is 0 Å². The van der Waals surface area contributed by atoms with Crippen molar-refractivity contribution in [2.75, 3.05) is 14.2 Å². The number of carbonyl (C=O) groups is 1. The predicted molar refractivity (Wildman–Crippen MR) is 85.5 cm³/mol. The maximum atomic E-state index is 12.4. The molecule has 0 bridgehead atoms. The van der Waals surface area contributed by atoms with E-state index in [2.05, 4.69) is 5.10 Å². The first-order valence-corrected chi connectivity index (χ1v) is 7.12. The van der Waals surface area contributed by atoms with Gasteiger partial charge in [0.1, 0.15) is 12.3 Å². The van der Waals surface area contributed by atoms with Gasteiger partial charge in [-0.25, -0.2) is 4.68 Å². The summed E-state index contributed by atoms with van der Waals surface area (Å²) in [5.41, 5.74) is -0.00567. The highest BCUT2D eigenvalue weighted by molar-refractivity contribution is 5.76. The van der Waals surface area contributed by atoms with Gasteiger partial charge in [0.25, 0.3) is 11.1 Å². The molecule has 0 spiro atoms. The molecule has 0 aliphatic rings. The van der Waals surface area contributed by atoms with Crippen LogP contribution >= 0.6 is 0 Å². The Kier molecular flexibility index (Phi) is 5.00. The van der Waals surface area contributed by atoms with Crippen LogP contribution in [0.5, 0.6) is 5.75 Å². The topological polar surface area (TPSA) is 84.4 Å². The van der Waals surface area contributed by atoms with Crippen molar-refractivity contribution in [3.05, 3.63) is 62.7 Å². The predicted octanol–water partition coefficient (Wildman–Crippen LogP) is 0.765. The van der Waals surface area contributed by atoms with Crippen LogP contribution in [0.25, 0.3) is 0 Å². The average Bonchev–Trinajstić information content (AvgIpc) is 2.56. The van der Waals surface area contributed by atoms with Gasteiger partial charge in [-0.05, 0) is 13.0 Å². The third-order valence-electron chi connectivity index (χ3n) is 3.75. The lowest BCUT2D eigenvalue weighted by molar-refractivity contribution is -0.132. The molecule has 0 fully saturated rings. The Morgan fingerprint density at radius 1 is 1.26 bits per heavy atom. The number of methoxy groups -OCH3 is 1. The Morgan fingerprint density at radius 2 is 1.96 bits per heavy atom. The number of aromatic amines is 1. The van der Waals surface area contributed by atoms with Gasteiger partial charge in [-0.1, -0.05) is 18.2 Å². The van der Waals surface area contributed by atoms with Gasteiger partial charge in [-0.15, -0.1) is 0 Å². The number of nitrogens with one attached hydrogen (secondary N) is 1. The van der Waals surface area contributed by atoms with Crippen LogP contribution in [0.15, 0.2) is 46.0 Å². The number of hydrogen-bond acceptors (Lipinski definition) is 4. The van der Waals surface area contributed by atoms with Crippen molar-refractivity contribution in [3.8, 4) is 5.75 Å². The van der Waals surface area contributed by atoms with Crippen molar-refractivity contribution in [1.82, 2.24) is 14.7 Å². The molecule has 0 radical (unpaired) electrons. The zero-order valence-electron chi connectivity index (χ0n) is 13.3. The van der Waals surface area contributed by atoms with Gasteiger partial charge in [0, 0.05) is 24.7 Å². The van der Waals surface area contributed by atoms with Crippen molar-refractivity contribution < 1.29 is 9.53 Å². The number of H-pyrrole nitrogens is 1. The maximum Gasteiger partial charge on any atom is 0.265 e. The Bertz CT molecular complexity index is 809. The summed E-state index contributed by atoms with van der Waals surface area (Å²) in [6.07, 6.45) is 0. The minimum atomic E-state index is -0.434. The van der Waals surface area contributed by atoms with E-state index < -0.39 is 11.1 Å². The minimum Gasteiger partial charge on any atom is -0.496 e.